The van der Waals surface area contributed by atoms with Crippen LogP contribution in [-0.2, 0) is 11.2 Å². The van der Waals surface area contributed by atoms with Crippen LogP contribution in [-0.4, -0.2) is 17.5 Å². The average Bonchev–Trinajstić information content (AvgIpc) is 3.24. The zero-order valence-electron chi connectivity index (χ0n) is 13.6. The number of hydrogen-bond acceptors (Lipinski definition) is 2. The second kappa shape index (κ2) is 6.41. The highest BCUT2D eigenvalue weighted by Crippen LogP contribution is 2.36. The highest BCUT2D eigenvalue weighted by Gasteiger charge is 2.38. The fraction of sp³-hybridized carbons (Fsp3) is 0.632. The number of rotatable bonds is 5. The van der Waals surface area contributed by atoms with Crippen molar-refractivity contribution in [2.45, 2.75) is 75.8 Å². The van der Waals surface area contributed by atoms with Crippen LogP contribution in [0.5, 0.6) is 0 Å². The van der Waals surface area contributed by atoms with Crippen LogP contribution in [0.1, 0.15) is 68.9 Å². The summed E-state index contributed by atoms with van der Waals surface area (Å²) in [6, 6.07) is 8.79. The maximum absolute atomic E-state index is 12.5. The second-order valence-electron chi connectivity index (χ2n) is 7.35. The Morgan fingerprint density at radius 3 is 2.73 bits per heavy atom. The zero-order valence-corrected chi connectivity index (χ0v) is 13.6. The predicted octanol–water partition coefficient (Wildman–Crippen LogP) is 3.27. The summed E-state index contributed by atoms with van der Waals surface area (Å²) >= 11 is 0. The highest BCUT2D eigenvalue weighted by molar-refractivity contribution is 5.83. The standard InChI is InChI=1S/C19H28N2O/c1-14(18(22)21-17-8-3-2-4-9-17)16-7-5-6-15(12-16)13-19(20)10-11-19/h5-7,12,14,17H,2-4,8-11,13,20H2,1H3,(H,21,22). The molecule has 1 aromatic rings. The van der Waals surface area contributed by atoms with Crippen LogP contribution in [0.25, 0.3) is 0 Å². The smallest absolute Gasteiger partial charge is 0.227 e. The molecule has 2 aliphatic rings. The summed E-state index contributed by atoms with van der Waals surface area (Å²) in [5.41, 5.74) is 8.59. The van der Waals surface area contributed by atoms with E-state index in [9.17, 15) is 4.79 Å². The molecule has 1 aromatic carbocycles. The molecule has 2 saturated carbocycles. The Labute approximate surface area is 133 Å². The van der Waals surface area contributed by atoms with Gasteiger partial charge in [0.25, 0.3) is 0 Å². The first-order valence-corrected chi connectivity index (χ1v) is 8.74. The quantitative estimate of drug-likeness (QED) is 0.877. The first-order chi connectivity index (χ1) is 10.6. The summed E-state index contributed by atoms with van der Waals surface area (Å²) in [4.78, 5) is 12.5. The fourth-order valence-electron chi connectivity index (χ4n) is 3.44. The van der Waals surface area contributed by atoms with E-state index in [0.717, 1.165) is 37.7 Å². The summed E-state index contributed by atoms with van der Waals surface area (Å²) in [5.74, 6) is 0.0766. The van der Waals surface area contributed by atoms with Gasteiger partial charge in [0.15, 0.2) is 0 Å². The Balaban J connectivity index is 1.61. The van der Waals surface area contributed by atoms with Gasteiger partial charge in [-0.15, -0.1) is 0 Å². The fourth-order valence-corrected chi connectivity index (χ4v) is 3.44. The SMILES string of the molecule is CC(C(=O)NC1CCCCC1)c1cccc(CC2(N)CC2)c1. The Morgan fingerprint density at radius 2 is 2.05 bits per heavy atom. The highest BCUT2D eigenvalue weighted by atomic mass is 16.1. The zero-order chi connectivity index (χ0) is 15.6. The van der Waals surface area contributed by atoms with E-state index < -0.39 is 0 Å². The molecule has 120 valence electrons. The summed E-state index contributed by atoms with van der Waals surface area (Å²) in [6.07, 6.45) is 9.23. The van der Waals surface area contributed by atoms with E-state index in [0.29, 0.717) is 6.04 Å². The third kappa shape index (κ3) is 3.89. The molecule has 1 atom stereocenters. The molecule has 0 aromatic heterocycles. The minimum atomic E-state index is -0.0881. The van der Waals surface area contributed by atoms with Gasteiger partial charge < -0.3 is 11.1 Å². The van der Waals surface area contributed by atoms with E-state index in [1.54, 1.807) is 0 Å². The number of nitrogens with two attached hydrogens (primary N) is 1. The van der Waals surface area contributed by atoms with Gasteiger partial charge in [-0.05, 0) is 50.2 Å². The minimum absolute atomic E-state index is 0.0201. The summed E-state index contributed by atoms with van der Waals surface area (Å²) in [7, 11) is 0. The first kappa shape index (κ1) is 15.5. The van der Waals surface area contributed by atoms with Crippen LogP contribution in [0.15, 0.2) is 24.3 Å². The van der Waals surface area contributed by atoms with Crippen LogP contribution in [0.4, 0.5) is 0 Å². The molecule has 2 fully saturated rings. The maximum Gasteiger partial charge on any atom is 0.227 e. The summed E-state index contributed by atoms with van der Waals surface area (Å²) in [5, 5.41) is 3.23. The lowest BCUT2D eigenvalue weighted by atomic mass is 9.93. The molecule has 0 saturated heterocycles. The molecule has 3 N–H and O–H groups in total. The van der Waals surface area contributed by atoms with E-state index in [1.165, 1.54) is 24.8 Å². The normalized spacial score (nSPS) is 22.1. The molecule has 0 heterocycles. The van der Waals surface area contributed by atoms with Crippen molar-refractivity contribution in [1.29, 1.82) is 0 Å². The largest absolute Gasteiger partial charge is 0.353 e. The van der Waals surface area contributed by atoms with Crippen molar-refractivity contribution in [3.05, 3.63) is 35.4 Å². The van der Waals surface area contributed by atoms with E-state index in [2.05, 4.69) is 29.6 Å². The molecule has 2 aliphatic carbocycles. The van der Waals surface area contributed by atoms with Crippen LogP contribution < -0.4 is 11.1 Å². The molecule has 3 heteroatoms. The van der Waals surface area contributed by atoms with Crippen molar-refractivity contribution >= 4 is 5.91 Å². The summed E-state index contributed by atoms with van der Waals surface area (Å²) < 4.78 is 0. The molecule has 0 spiro atoms. The molecule has 0 radical (unpaired) electrons. The molecule has 0 aliphatic heterocycles. The molecule has 1 unspecified atom stereocenters. The van der Waals surface area contributed by atoms with E-state index in [1.807, 2.05) is 6.92 Å². The third-order valence-corrected chi connectivity index (χ3v) is 5.24. The summed E-state index contributed by atoms with van der Waals surface area (Å²) in [6.45, 7) is 2.01. The van der Waals surface area contributed by atoms with Crippen molar-refractivity contribution in [2.75, 3.05) is 0 Å². The maximum atomic E-state index is 12.5. The van der Waals surface area contributed by atoms with E-state index in [-0.39, 0.29) is 17.4 Å². The van der Waals surface area contributed by atoms with Gasteiger partial charge in [-0.2, -0.15) is 0 Å². The number of benzene rings is 1. The Kier molecular flexibility index (Phi) is 4.53. The monoisotopic (exact) mass is 300 g/mol. The molecule has 3 rings (SSSR count). The molecular formula is C19H28N2O. The van der Waals surface area contributed by atoms with Gasteiger partial charge in [-0.25, -0.2) is 0 Å². The second-order valence-corrected chi connectivity index (χ2v) is 7.35. The Hall–Kier alpha value is -1.35. The average molecular weight is 300 g/mol. The van der Waals surface area contributed by atoms with Crippen molar-refractivity contribution < 1.29 is 4.79 Å². The predicted molar refractivity (Wildman–Crippen MR) is 89.7 cm³/mol. The van der Waals surface area contributed by atoms with Crippen LogP contribution in [0, 0.1) is 0 Å². The number of hydrogen-bond donors (Lipinski definition) is 2. The van der Waals surface area contributed by atoms with E-state index >= 15 is 0 Å². The number of nitrogens with one attached hydrogen (secondary N) is 1. The molecular weight excluding hydrogens is 272 g/mol. The van der Waals surface area contributed by atoms with Gasteiger partial charge in [-0.3, -0.25) is 4.79 Å². The van der Waals surface area contributed by atoms with Crippen molar-refractivity contribution in [1.82, 2.24) is 5.32 Å². The molecule has 3 nitrogen and oxygen atoms in total. The van der Waals surface area contributed by atoms with Crippen LogP contribution >= 0.6 is 0 Å². The van der Waals surface area contributed by atoms with Gasteiger partial charge in [-0.1, -0.05) is 43.5 Å². The van der Waals surface area contributed by atoms with Crippen molar-refractivity contribution in [3.63, 3.8) is 0 Å². The molecule has 22 heavy (non-hydrogen) atoms. The van der Waals surface area contributed by atoms with Gasteiger partial charge in [0.05, 0.1) is 5.92 Å². The lowest BCUT2D eigenvalue weighted by Crippen LogP contribution is -2.38. The number of carbonyl (C=O) groups excluding carboxylic acids is 1. The number of carbonyl (C=O) groups is 1. The third-order valence-electron chi connectivity index (χ3n) is 5.24. The Bertz CT molecular complexity index is 530. The molecule has 0 bridgehead atoms. The van der Waals surface area contributed by atoms with E-state index in [4.69, 9.17) is 5.73 Å². The first-order valence-electron chi connectivity index (χ1n) is 8.74. The minimum Gasteiger partial charge on any atom is -0.353 e. The van der Waals surface area contributed by atoms with Gasteiger partial charge in [0.1, 0.15) is 0 Å². The van der Waals surface area contributed by atoms with Gasteiger partial charge >= 0.3 is 0 Å². The van der Waals surface area contributed by atoms with Crippen LogP contribution in [0.3, 0.4) is 0 Å². The molecule has 1 amide bonds. The Morgan fingerprint density at radius 1 is 1.32 bits per heavy atom. The van der Waals surface area contributed by atoms with Crippen molar-refractivity contribution in [3.8, 4) is 0 Å². The van der Waals surface area contributed by atoms with Crippen LogP contribution in [0.2, 0.25) is 0 Å². The van der Waals surface area contributed by atoms with Gasteiger partial charge in [0.2, 0.25) is 5.91 Å². The lowest BCUT2D eigenvalue weighted by Gasteiger charge is -2.24. The number of amides is 1. The topological polar surface area (TPSA) is 55.1 Å². The lowest BCUT2D eigenvalue weighted by molar-refractivity contribution is -0.123. The van der Waals surface area contributed by atoms with Gasteiger partial charge in [0, 0.05) is 11.6 Å². The van der Waals surface area contributed by atoms with Crippen molar-refractivity contribution in [2.24, 2.45) is 5.73 Å².